The fourth-order valence-corrected chi connectivity index (χ4v) is 2.98. The summed E-state index contributed by atoms with van der Waals surface area (Å²) in [6, 6.07) is 7.81. The first-order valence-corrected chi connectivity index (χ1v) is 8.63. The molecule has 2 aromatic rings. The van der Waals surface area contributed by atoms with Gasteiger partial charge in [0.1, 0.15) is 12.3 Å². The highest BCUT2D eigenvalue weighted by Gasteiger charge is 2.16. The third kappa shape index (κ3) is 4.96. The summed E-state index contributed by atoms with van der Waals surface area (Å²) in [7, 11) is 0. The first-order valence-electron chi connectivity index (χ1n) is 8.26. The SMILES string of the molecule is O=C(NC1CCCCC1)OCc1cn(Cc2ccc(Cl)cc2)nn1. The van der Waals surface area contributed by atoms with Crippen LogP contribution >= 0.6 is 11.6 Å². The van der Waals surface area contributed by atoms with E-state index in [9.17, 15) is 4.79 Å². The monoisotopic (exact) mass is 348 g/mol. The molecule has 0 atom stereocenters. The van der Waals surface area contributed by atoms with Crippen molar-refractivity contribution >= 4 is 17.7 Å². The van der Waals surface area contributed by atoms with Gasteiger partial charge >= 0.3 is 6.09 Å². The molecule has 1 aliphatic carbocycles. The third-order valence-corrected chi connectivity index (χ3v) is 4.37. The van der Waals surface area contributed by atoms with E-state index in [1.54, 1.807) is 10.9 Å². The number of ether oxygens (including phenoxy) is 1. The molecule has 1 aromatic carbocycles. The standard InChI is InChI=1S/C17H21ClN4O2/c18-14-8-6-13(7-9-14)10-22-11-16(20-21-22)12-24-17(23)19-15-4-2-1-3-5-15/h6-9,11,15H,1-5,10,12H2,(H,19,23). The van der Waals surface area contributed by atoms with Crippen LogP contribution in [0.15, 0.2) is 30.5 Å². The molecule has 0 unspecified atom stereocenters. The maximum Gasteiger partial charge on any atom is 0.407 e. The van der Waals surface area contributed by atoms with Gasteiger partial charge in [0.05, 0.1) is 12.7 Å². The topological polar surface area (TPSA) is 69.0 Å². The Kier molecular flexibility index (Phi) is 5.69. The van der Waals surface area contributed by atoms with Crippen LogP contribution in [0.4, 0.5) is 4.79 Å². The second-order valence-corrected chi connectivity index (χ2v) is 6.53. The normalized spacial score (nSPS) is 15.2. The van der Waals surface area contributed by atoms with E-state index < -0.39 is 0 Å². The Bertz CT molecular complexity index is 665. The summed E-state index contributed by atoms with van der Waals surface area (Å²) in [4.78, 5) is 11.8. The molecular weight excluding hydrogens is 328 g/mol. The van der Waals surface area contributed by atoms with Crippen LogP contribution < -0.4 is 5.32 Å². The molecule has 1 fully saturated rings. The molecule has 0 saturated heterocycles. The lowest BCUT2D eigenvalue weighted by Gasteiger charge is -2.22. The van der Waals surface area contributed by atoms with Gasteiger partial charge in [0.15, 0.2) is 0 Å². The van der Waals surface area contributed by atoms with Crippen molar-refractivity contribution < 1.29 is 9.53 Å². The number of hydrogen-bond acceptors (Lipinski definition) is 4. The fraction of sp³-hybridized carbons (Fsp3) is 0.471. The first-order chi connectivity index (χ1) is 11.7. The molecule has 1 heterocycles. The van der Waals surface area contributed by atoms with E-state index in [1.807, 2.05) is 24.3 Å². The van der Waals surface area contributed by atoms with Crippen LogP contribution in [0.25, 0.3) is 0 Å². The van der Waals surface area contributed by atoms with Crippen LogP contribution in [-0.4, -0.2) is 27.1 Å². The largest absolute Gasteiger partial charge is 0.443 e. The Morgan fingerprint density at radius 3 is 2.75 bits per heavy atom. The zero-order valence-electron chi connectivity index (χ0n) is 13.4. The first kappa shape index (κ1) is 16.8. The summed E-state index contributed by atoms with van der Waals surface area (Å²) in [5.74, 6) is 0. The number of carbonyl (C=O) groups is 1. The smallest absolute Gasteiger partial charge is 0.407 e. The van der Waals surface area contributed by atoms with E-state index in [4.69, 9.17) is 16.3 Å². The molecule has 1 N–H and O–H groups in total. The quantitative estimate of drug-likeness (QED) is 0.897. The van der Waals surface area contributed by atoms with E-state index in [0.29, 0.717) is 17.3 Å². The highest BCUT2D eigenvalue weighted by atomic mass is 35.5. The Morgan fingerprint density at radius 1 is 1.25 bits per heavy atom. The van der Waals surface area contributed by atoms with Gasteiger partial charge in [0, 0.05) is 11.1 Å². The zero-order valence-corrected chi connectivity index (χ0v) is 14.2. The minimum absolute atomic E-state index is 0.124. The van der Waals surface area contributed by atoms with Crippen LogP contribution in [0, 0.1) is 0 Å². The number of amides is 1. The maximum atomic E-state index is 11.8. The molecule has 0 spiro atoms. The fourth-order valence-electron chi connectivity index (χ4n) is 2.85. The van der Waals surface area contributed by atoms with E-state index in [-0.39, 0.29) is 18.7 Å². The van der Waals surface area contributed by atoms with Crippen molar-refractivity contribution in [1.82, 2.24) is 20.3 Å². The zero-order chi connectivity index (χ0) is 16.8. The summed E-state index contributed by atoms with van der Waals surface area (Å²) in [5, 5.41) is 11.7. The van der Waals surface area contributed by atoms with Gasteiger partial charge in [-0.25, -0.2) is 9.48 Å². The molecule has 6 nitrogen and oxygen atoms in total. The molecule has 0 bridgehead atoms. The Morgan fingerprint density at radius 2 is 2.00 bits per heavy atom. The van der Waals surface area contributed by atoms with Crippen LogP contribution in [0.3, 0.4) is 0 Å². The summed E-state index contributed by atoms with van der Waals surface area (Å²) in [6.07, 6.45) is 7.06. The maximum absolute atomic E-state index is 11.8. The molecule has 1 aliphatic rings. The summed E-state index contributed by atoms with van der Waals surface area (Å²) >= 11 is 5.87. The van der Waals surface area contributed by atoms with E-state index in [1.165, 1.54) is 19.3 Å². The Balaban J connectivity index is 1.45. The van der Waals surface area contributed by atoms with Gasteiger partial charge in [-0.1, -0.05) is 48.2 Å². The van der Waals surface area contributed by atoms with Crippen molar-refractivity contribution in [3.63, 3.8) is 0 Å². The molecule has 1 amide bonds. The van der Waals surface area contributed by atoms with Crippen molar-refractivity contribution in [2.45, 2.75) is 51.3 Å². The number of alkyl carbamates (subject to hydrolysis) is 1. The highest BCUT2D eigenvalue weighted by molar-refractivity contribution is 6.30. The average Bonchev–Trinajstić information content (AvgIpc) is 3.04. The summed E-state index contributed by atoms with van der Waals surface area (Å²) in [6.45, 7) is 0.720. The number of nitrogens with one attached hydrogen (secondary N) is 1. The molecule has 0 radical (unpaired) electrons. The van der Waals surface area contributed by atoms with Gasteiger partial charge in [-0.05, 0) is 30.5 Å². The van der Waals surface area contributed by atoms with Gasteiger partial charge in [0.2, 0.25) is 0 Å². The number of halogens is 1. The summed E-state index contributed by atoms with van der Waals surface area (Å²) < 4.78 is 6.94. The molecule has 128 valence electrons. The van der Waals surface area contributed by atoms with Crippen LogP contribution in [0.1, 0.15) is 43.4 Å². The minimum Gasteiger partial charge on any atom is -0.443 e. The molecular formula is C17H21ClN4O2. The van der Waals surface area contributed by atoms with E-state index in [2.05, 4.69) is 15.6 Å². The average molecular weight is 349 g/mol. The lowest BCUT2D eigenvalue weighted by molar-refractivity contribution is 0.131. The Labute approximate surface area is 146 Å². The summed E-state index contributed by atoms with van der Waals surface area (Å²) in [5.41, 5.74) is 1.70. The van der Waals surface area contributed by atoms with E-state index >= 15 is 0 Å². The lowest BCUT2D eigenvalue weighted by atomic mass is 9.96. The number of nitrogens with zero attached hydrogens (tertiary/aromatic N) is 3. The van der Waals surface area contributed by atoms with Crippen LogP contribution in [0.5, 0.6) is 0 Å². The van der Waals surface area contributed by atoms with Crippen molar-refractivity contribution in [3.8, 4) is 0 Å². The van der Waals surface area contributed by atoms with Crippen molar-refractivity contribution in [2.75, 3.05) is 0 Å². The lowest BCUT2D eigenvalue weighted by Crippen LogP contribution is -2.36. The van der Waals surface area contributed by atoms with Gasteiger partial charge in [-0.2, -0.15) is 0 Å². The molecule has 1 aromatic heterocycles. The minimum atomic E-state index is -0.380. The van der Waals surface area contributed by atoms with Gasteiger partial charge in [-0.15, -0.1) is 5.10 Å². The molecule has 1 saturated carbocycles. The predicted molar refractivity (Wildman–Crippen MR) is 90.8 cm³/mol. The highest BCUT2D eigenvalue weighted by Crippen LogP contribution is 2.17. The van der Waals surface area contributed by atoms with Crippen molar-refractivity contribution in [2.24, 2.45) is 0 Å². The molecule has 24 heavy (non-hydrogen) atoms. The van der Waals surface area contributed by atoms with Gasteiger partial charge in [0.25, 0.3) is 0 Å². The van der Waals surface area contributed by atoms with E-state index in [0.717, 1.165) is 18.4 Å². The Hall–Kier alpha value is -2.08. The van der Waals surface area contributed by atoms with Crippen molar-refractivity contribution in [3.05, 3.63) is 46.7 Å². The van der Waals surface area contributed by atoms with Crippen LogP contribution in [-0.2, 0) is 17.9 Å². The van der Waals surface area contributed by atoms with Crippen molar-refractivity contribution in [1.29, 1.82) is 0 Å². The predicted octanol–water partition coefficient (Wildman–Crippen LogP) is 3.54. The third-order valence-electron chi connectivity index (χ3n) is 4.12. The molecule has 0 aliphatic heterocycles. The number of benzene rings is 1. The van der Waals surface area contributed by atoms with Crippen LogP contribution in [0.2, 0.25) is 5.02 Å². The number of aromatic nitrogens is 3. The van der Waals surface area contributed by atoms with Gasteiger partial charge < -0.3 is 10.1 Å². The second kappa shape index (κ2) is 8.15. The number of hydrogen-bond donors (Lipinski definition) is 1. The molecule has 3 rings (SSSR count). The number of carbonyl (C=O) groups excluding carboxylic acids is 1. The molecule has 7 heteroatoms. The number of rotatable bonds is 5. The second-order valence-electron chi connectivity index (χ2n) is 6.09. The van der Waals surface area contributed by atoms with Gasteiger partial charge in [-0.3, -0.25) is 0 Å².